The van der Waals surface area contributed by atoms with Gasteiger partial charge in [0, 0.05) is 0 Å². The molecule has 3 rings (SSSR count). The van der Waals surface area contributed by atoms with E-state index < -0.39 is 5.96 Å². The molecule has 1 nitrogen and oxygen atoms in total. The van der Waals surface area contributed by atoms with E-state index in [9.17, 15) is 0 Å². The van der Waals surface area contributed by atoms with E-state index in [0.717, 1.165) is 38.4 Å². The molecule has 0 aliphatic rings. The summed E-state index contributed by atoms with van der Waals surface area (Å²) in [6.45, 7) is 0.764. The zero-order valence-electron chi connectivity index (χ0n) is 16.2. The summed E-state index contributed by atoms with van der Waals surface area (Å²) in [6, 6.07) is 32.1. The van der Waals surface area contributed by atoms with Crippen molar-refractivity contribution in [1.29, 1.82) is 0 Å². The zero-order chi connectivity index (χ0) is 19.0. The Bertz CT molecular complexity index is 726. The fourth-order valence-corrected chi connectivity index (χ4v) is 10.2. The Morgan fingerprint density at radius 2 is 0.929 bits per heavy atom. The SMILES string of the molecule is Cl.NCCCCCCP(Cl)(c1ccccc1)(c1ccccc1)c1ccccc1. The van der Waals surface area contributed by atoms with Gasteiger partial charge in [0.05, 0.1) is 0 Å². The van der Waals surface area contributed by atoms with E-state index in [4.69, 9.17) is 17.0 Å². The average molecular weight is 434 g/mol. The molecule has 0 aliphatic carbocycles. The molecule has 0 heterocycles. The first-order valence-electron chi connectivity index (χ1n) is 9.80. The van der Waals surface area contributed by atoms with E-state index in [-0.39, 0.29) is 12.4 Å². The van der Waals surface area contributed by atoms with Crippen LogP contribution in [0.15, 0.2) is 91.0 Å². The Kier molecular flexibility index (Phi) is 8.53. The number of hydrogen-bond donors (Lipinski definition) is 1. The number of rotatable bonds is 9. The molecule has 0 aliphatic heterocycles. The van der Waals surface area contributed by atoms with Crippen molar-refractivity contribution in [2.45, 2.75) is 25.7 Å². The molecule has 28 heavy (non-hydrogen) atoms. The number of unbranched alkanes of at least 4 members (excludes halogenated alkanes) is 3. The van der Waals surface area contributed by atoms with E-state index in [1.165, 1.54) is 15.9 Å². The third-order valence-electron chi connectivity index (χ3n) is 5.42. The Labute approximate surface area is 180 Å². The number of hydrogen-bond acceptors (Lipinski definition) is 1. The maximum absolute atomic E-state index is 7.99. The molecule has 0 bridgehead atoms. The van der Waals surface area contributed by atoms with Gasteiger partial charge in [0.25, 0.3) is 0 Å². The van der Waals surface area contributed by atoms with E-state index in [1.54, 1.807) is 0 Å². The molecule has 0 saturated carbocycles. The van der Waals surface area contributed by atoms with Crippen LogP contribution in [-0.4, -0.2) is 12.7 Å². The van der Waals surface area contributed by atoms with Crippen LogP contribution in [0.5, 0.6) is 0 Å². The van der Waals surface area contributed by atoms with Gasteiger partial charge in [-0.25, -0.2) is 0 Å². The van der Waals surface area contributed by atoms with Crippen molar-refractivity contribution >= 4 is 45.5 Å². The first-order valence-corrected chi connectivity index (χ1v) is 13.1. The Morgan fingerprint density at radius 3 is 1.29 bits per heavy atom. The molecule has 3 aromatic rings. The van der Waals surface area contributed by atoms with Gasteiger partial charge in [0.15, 0.2) is 0 Å². The van der Waals surface area contributed by atoms with Crippen LogP contribution in [0, 0.1) is 0 Å². The van der Waals surface area contributed by atoms with Gasteiger partial charge < -0.3 is 0 Å². The summed E-state index contributed by atoms with van der Waals surface area (Å²) < 4.78 is 0. The van der Waals surface area contributed by atoms with Crippen LogP contribution < -0.4 is 21.6 Å². The molecule has 0 amide bonds. The molecular weight excluding hydrogens is 404 g/mol. The van der Waals surface area contributed by atoms with Crippen molar-refractivity contribution in [2.75, 3.05) is 12.7 Å². The van der Waals surface area contributed by atoms with Gasteiger partial charge in [-0.15, -0.1) is 12.4 Å². The quantitative estimate of drug-likeness (QED) is 0.344. The van der Waals surface area contributed by atoms with Gasteiger partial charge >= 0.3 is 168 Å². The van der Waals surface area contributed by atoms with Crippen molar-refractivity contribution in [3.63, 3.8) is 0 Å². The van der Waals surface area contributed by atoms with Crippen LogP contribution in [-0.2, 0) is 0 Å². The van der Waals surface area contributed by atoms with E-state index in [0.29, 0.717) is 0 Å². The summed E-state index contributed by atoms with van der Waals surface area (Å²) >= 11 is 7.99. The van der Waals surface area contributed by atoms with Gasteiger partial charge in [-0.3, -0.25) is 0 Å². The normalized spacial score (nSPS) is 12.6. The topological polar surface area (TPSA) is 26.0 Å². The van der Waals surface area contributed by atoms with Crippen LogP contribution in [0.3, 0.4) is 0 Å². The Balaban J connectivity index is 0.00000280. The molecule has 0 fully saturated rings. The summed E-state index contributed by atoms with van der Waals surface area (Å²) in [5, 5.41) is 3.75. The monoisotopic (exact) mass is 433 g/mol. The van der Waals surface area contributed by atoms with Crippen LogP contribution in [0.1, 0.15) is 25.7 Å². The number of nitrogens with two attached hydrogens (primary N) is 1. The number of halogens is 2. The number of benzene rings is 3. The molecular formula is C24H30Cl2NP. The second-order valence-corrected chi connectivity index (χ2v) is 13.7. The summed E-state index contributed by atoms with van der Waals surface area (Å²) in [5.41, 5.74) is 5.68. The summed E-state index contributed by atoms with van der Waals surface area (Å²) in [6.07, 6.45) is 5.47. The van der Waals surface area contributed by atoms with Crippen LogP contribution >= 0.6 is 29.6 Å². The molecule has 2 N–H and O–H groups in total. The average Bonchev–Trinajstić information content (AvgIpc) is 2.75. The first kappa shape index (κ1) is 22.9. The Morgan fingerprint density at radius 1 is 0.571 bits per heavy atom. The molecule has 0 spiro atoms. The van der Waals surface area contributed by atoms with Crippen molar-refractivity contribution in [1.82, 2.24) is 0 Å². The van der Waals surface area contributed by atoms with Crippen LogP contribution in [0.4, 0.5) is 0 Å². The van der Waals surface area contributed by atoms with Gasteiger partial charge in [0.2, 0.25) is 0 Å². The minimum atomic E-state index is -3.05. The summed E-state index contributed by atoms with van der Waals surface area (Å²) in [7, 11) is 0. The molecule has 0 atom stereocenters. The third kappa shape index (κ3) is 4.44. The minimum absolute atomic E-state index is 0. The third-order valence-corrected chi connectivity index (χ3v) is 13.0. The second-order valence-electron chi connectivity index (χ2n) is 7.12. The fourth-order valence-electron chi connectivity index (χ4n) is 3.96. The van der Waals surface area contributed by atoms with Crippen molar-refractivity contribution in [3.8, 4) is 0 Å². The van der Waals surface area contributed by atoms with Crippen molar-refractivity contribution < 1.29 is 0 Å². The second kappa shape index (κ2) is 10.4. The van der Waals surface area contributed by atoms with Gasteiger partial charge in [0.1, 0.15) is 0 Å². The van der Waals surface area contributed by atoms with E-state index in [2.05, 4.69) is 91.0 Å². The van der Waals surface area contributed by atoms with Crippen molar-refractivity contribution in [3.05, 3.63) is 91.0 Å². The predicted molar refractivity (Wildman–Crippen MR) is 131 cm³/mol. The van der Waals surface area contributed by atoms with Gasteiger partial charge in [-0.2, -0.15) is 0 Å². The standard InChI is InChI=1S/C24H29ClNP.ClH/c25-27(21-13-2-1-12-20-26,22-14-6-3-7-15-22,23-16-8-4-9-17-23)24-18-10-5-11-19-24;/h3-11,14-19H,1-2,12-13,20-21,26H2;1H. The molecule has 0 unspecified atom stereocenters. The predicted octanol–water partition coefficient (Wildman–Crippen LogP) is 5.61. The molecule has 0 aromatic heterocycles. The molecule has 150 valence electrons. The molecule has 0 saturated heterocycles. The van der Waals surface area contributed by atoms with Crippen LogP contribution in [0.2, 0.25) is 0 Å². The molecule has 0 radical (unpaired) electrons. The Hall–Kier alpha value is -1.37. The fraction of sp³-hybridized carbons (Fsp3) is 0.250. The van der Waals surface area contributed by atoms with Crippen molar-refractivity contribution in [2.24, 2.45) is 5.73 Å². The van der Waals surface area contributed by atoms with Gasteiger partial charge in [-0.1, -0.05) is 0 Å². The maximum atomic E-state index is 7.99. The molecule has 4 heteroatoms. The van der Waals surface area contributed by atoms with Crippen LogP contribution in [0.25, 0.3) is 0 Å². The summed E-state index contributed by atoms with van der Waals surface area (Å²) in [4.78, 5) is 0. The summed E-state index contributed by atoms with van der Waals surface area (Å²) in [5.74, 6) is -3.05. The van der Waals surface area contributed by atoms with E-state index >= 15 is 0 Å². The zero-order valence-corrected chi connectivity index (χ0v) is 18.7. The molecule has 3 aromatic carbocycles. The first-order chi connectivity index (χ1) is 13.2. The van der Waals surface area contributed by atoms with E-state index in [1.807, 2.05) is 0 Å². The van der Waals surface area contributed by atoms with Gasteiger partial charge in [-0.05, 0) is 0 Å².